The molecule has 29 heavy (non-hydrogen) atoms. The van der Waals surface area contributed by atoms with Gasteiger partial charge in [-0.2, -0.15) is 0 Å². The van der Waals surface area contributed by atoms with Crippen LogP contribution >= 0.6 is 0 Å². The van der Waals surface area contributed by atoms with Gasteiger partial charge < -0.3 is 20.3 Å². The number of aromatic nitrogens is 1. The Balaban J connectivity index is 1.97. The molecule has 1 saturated heterocycles. The number of alkyl halides is 2. The van der Waals surface area contributed by atoms with Crippen LogP contribution in [0.25, 0.3) is 10.9 Å². The molecule has 4 rings (SSSR count). The lowest BCUT2D eigenvalue weighted by Gasteiger charge is -2.26. The van der Waals surface area contributed by atoms with Crippen LogP contribution in [-0.2, 0) is 0 Å². The Morgan fingerprint density at radius 2 is 2.10 bits per heavy atom. The fourth-order valence-electron chi connectivity index (χ4n) is 4.34. The quantitative estimate of drug-likeness (QED) is 0.810. The van der Waals surface area contributed by atoms with E-state index in [9.17, 15) is 23.5 Å². The number of anilines is 1. The average molecular weight is 409 g/mol. The number of aromatic carboxylic acids is 1. The summed E-state index contributed by atoms with van der Waals surface area (Å²) in [5.74, 6) is -2.39. The van der Waals surface area contributed by atoms with Crippen molar-refractivity contribution in [3.05, 3.63) is 39.4 Å². The number of pyridine rings is 1. The van der Waals surface area contributed by atoms with Crippen LogP contribution < -0.4 is 16.1 Å². The van der Waals surface area contributed by atoms with Gasteiger partial charge in [-0.3, -0.25) is 4.79 Å². The standard InChI is InChI=1S/C20H22F3N3O3/c1-9-5-25(8-20(9,24)7-21)17-10(2)16-11(3-14(17)23)18(27)12(19(28)29)6-26(16)15-4-13(15)22/h3,6,9,13,15H,4-5,7-8,24H2,1-2H3,(H,28,29)/t9?,13-,15+,20+/m0/s1. The van der Waals surface area contributed by atoms with E-state index < -0.39 is 47.2 Å². The van der Waals surface area contributed by atoms with Crippen LogP contribution in [0.15, 0.2) is 17.1 Å². The molecule has 1 aromatic carbocycles. The van der Waals surface area contributed by atoms with Crippen molar-refractivity contribution in [2.45, 2.75) is 38.0 Å². The third-order valence-electron chi connectivity index (χ3n) is 6.27. The van der Waals surface area contributed by atoms with Gasteiger partial charge in [0.1, 0.15) is 24.2 Å². The summed E-state index contributed by atoms with van der Waals surface area (Å²) in [6, 6.07) is 0.389. The Bertz CT molecular complexity index is 1090. The van der Waals surface area contributed by atoms with Gasteiger partial charge in [0.15, 0.2) is 0 Å². The Kier molecular flexibility index (Phi) is 4.41. The number of fused-ring (bicyclic) bond motifs is 1. The summed E-state index contributed by atoms with van der Waals surface area (Å²) in [6.45, 7) is 3.07. The van der Waals surface area contributed by atoms with Crippen LogP contribution in [0.2, 0.25) is 0 Å². The number of nitrogens with two attached hydrogens (primary N) is 1. The lowest BCUT2D eigenvalue weighted by molar-refractivity contribution is 0.0694. The molecule has 1 aliphatic heterocycles. The third-order valence-corrected chi connectivity index (χ3v) is 6.27. The van der Waals surface area contributed by atoms with Gasteiger partial charge in [-0.15, -0.1) is 0 Å². The molecule has 0 bridgehead atoms. The molecule has 2 aromatic rings. The van der Waals surface area contributed by atoms with Crippen LogP contribution in [0.5, 0.6) is 0 Å². The number of nitrogens with zero attached hydrogens (tertiary/aromatic N) is 2. The first-order valence-electron chi connectivity index (χ1n) is 9.44. The van der Waals surface area contributed by atoms with Gasteiger partial charge in [0, 0.05) is 31.1 Å². The van der Waals surface area contributed by atoms with Crippen LogP contribution in [0.3, 0.4) is 0 Å². The number of carboxylic acid groups (broad SMARTS) is 1. The number of hydrogen-bond donors (Lipinski definition) is 2. The van der Waals surface area contributed by atoms with Crippen LogP contribution in [0.4, 0.5) is 18.9 Å². The lowest BCUT2D eigenvalue weighted by Crippen LogP contribution is -2.49. The molecule has 2 aliphatic rings. The second-order valence-electron chi connectivity index (χ2n) is 8.28. The number of carbonyl (C=O) groups is 1. The molecular formula is C20H22F3N3O3. The number of carboxylic acids is 1. The van der Waals surface area contributed by atoms with Crippen molar-refractivity contribution in [1.82, 2.24) is 4.57 Å². The fourth-order valence-corrected chi connectivity index (χ4v) is 4.34. The molecule has 1 saturated carbocycles. The Labute approximate surface area is 164 Å². The largest absolute Gasteiger partial charge is 0.477 e. The second-order valence-corrected chi connectivity index (χ2v) is 8.28. The summed E-state index contributed by atoms with van der Waals surface area (Å²) in [6.07, 6.45) is 0.163. The minimum atomic E-state index is -1.45. The maximum atomic E-state index is 15.1. The molecule has 4 atom stereocenters. The predicted molar refractivity (Wildman–Crippen MR) is 103 cm³/mol. The first kappa shape index (κ1) is 19.8. The first-order chi connectivity index (χ1) is 13.6. The summed E-state index contributed by atoms with van der Waals surface area (Å²) in [5, 5.41) is 9.23. The zero-order chi connectivity index (χ0) is 21.2. The van der Waals surface area contributed by atoms with Gasteiger partial charge in [-0.05, 0) is 24.5 Å². The summed E-state index contributed by atoms with van der Waals surface area (Å²) in [7, 11) is 0. The first-order valence-corrected chi connectivity index (χ1v) is 9.44. The molecule has 1 unspecified atom stereocenters. The third kappa shape index (κ3) is 2.90. The van der Waals surface area contributed by atoms with Crippen molar-refractivity contribution >= 4 is 22.6 Å². The summed E-state index contributed by atoms with van der Waals surface area (Å²) in [4.78, 5) is 25.8. The highest BCUT2D eigenvalue weighted by atomic mass is 19.1. The van der Waals surface area contributed by atoms with Crippen LogP contribution in [0.1, 0.15) is 35.3 Å². The van der Waals surface area contributed by atoms with E-state index in [1.165, 1.54) is 4.57 Å². The normalized spacial score (nSPS) is 28.9. The van der Waals surface area contributed by atoms with E-state index in [1.807, 2.05) is 0 Å². The number of aryl methyl sites for hydroxylation is 1. The van der Waals surface area contributed by atoms with Crippen LogP contribution in [-0.4, -0.2) is 47.1 Å². The Morgan fingerprint density at radius 3 is 2.62 bits per heavy atom. The van der Waals surface area contributed by atoms with E-state index in [0.717, 1.165) is 12.3 Å². The van der Waals surface area contributed by atoms with E-state index >= 15 is 4.39 Å². The smallest absolute Gasteiger partial charge is 0.341 e. The molecule has 0 radical (unpaired) electrons. The van der Waals surface area contributed by atoms with Gasteiger partial charge in [0.2, 0.25) is 5.43 Å². The summed E-state index contributed by atoms with van der Waals surface area (Å²) in [5.41, 5.74) is 4.51. The minimum absolute atomic E-state index is 0.0978. The molecule has 9 heteroatoms. The van der Waals surface area contributed by atoms with Gasteiger partial charge in [0.25, 0.3) is 0 Å². The molecule has 0 amide bonds. The zero-order valence-corrected chi connectivity index (χ0v) is 16.1. The molecule has 0 spiro atoms. The Hall–Kier alpha value is -2.55. The average Bonchev–Trinajstić information content (AvgIpc) is 3.30. The molecule has 6 nitrogen and oxygen atoms in total. The summed E-state index contributed by atoms with van der Waals surface area (Å²) >= 11 is 0. The highest BCUT2D eigenvalue weighted by Gasteiger charge is 2.44. The predicted octanol–water partition coefficient (Wildman–Crippen LogP) is 2.55. The fraction of sp³-hybridized carbons (Fsp3) is 0.500. The van der Waals surface area contributed by atoms with Crippen molar-refractivity contribution in [1.29, 1.82) is 0 Å². The minimum Gasteiger partial charge on any atom is -0.477 e. The van der Waals surface area contributed by atoms with Gasteiger partial charge >= 0.3 is 5.97 Å². The topological polar surface area (TPSA) is 88.6 Å². The maximum Gasteiger partial charge on any atom is 0.341 e. The maximum absolute atomic E-state index is 15.1. The highest BCUT2D eigenvalue weighted by Crippen LogP contribution is 2.43. The van der Waals surface area contributed by atoms with Gasteiger partial charge in [-0.25, -0.2) is 18.0 Å². The summed E-state index contributed by atoms with van der Waals surface area (Å²) < 4.78 is 43.9. The van der Waals surface area contributed by atoms with Gasteiger partial charge in [-0.1, -0.05) is 6.92 Å². The highest BCUT2D eigenvalue weighted by molar-refractivity contribution is 5.95. The number of benzene rings is 1. The van der Waals surface area contributed by atoms with E-state index in [1.54, 1.807) is 18.7 Å². The van der Waals surface area contributed by atoms with E-state index in [-0.39, 0.29) is 30.0 Å². The zero-order valence-electron chi connectivity index (χ0n) is 16.1. The van der Waals surface area contributed by atoms with Crippen molar-refractivity contribution in [3.63, 3.8) is 0 Å². The number of rotatable bonds is 4. The van der Waals surface area contributed by atoms with Crippen molar-refractivity contribution < 1.29 is 23.1 Å². The number of hydrogen-bond acceptors (Lipinski definition) is 4. The monoisotopic (exact) mass is 409 g/mol. The van der Waals surface area contributed by atoms with Gasteiger partial charge in [0.05, 0.1) is 22.8 Å². The molecule has 2 heterocycles. The second kappa shape index (κ2) is 6.48. The van der Waals surface area contributed by atoms with Crippen molar-refractivity contribution in [3.8, 4) is 0 Å². The molecule has 3 N–H and O–H groups in total. The molecule has 1 aliphatic carbocycles. The lowest BCUT2D eigenvalue weighted by atomic mass is 9.91. The van der Waals surface area contributed by atoms with Crippen LogP contribution in [0, 0.1) is 18.7 Å². The van der Waals surface area contributed by atoms with Crippen molar-refractivity contribution in [2.24, 2.45) is 11.7 Å². The molecule has 1 aromatic heterocycles. The SMILES string of the molecule is Cc1c(N2CC(C)[C@@](N)(CF)C2)c(F)cc2c(=O)c(C(=O)O)cn([C@@H]3C[C@@H]3F)c12. The molecular weight excluding hydrogens is 387 g/mol. The molecule has 156 valence electrons. The van der Waals surface area contributed by atoms with E-state index in [4.69, 9.17) is 5.73 Å². The van der Waals surface area contributed by atoms with E-state index in [2.05, 4.69) is 0 Å². The van der Waals surface area contributed by atoms with E-state index in [0.29, 0.717) is 17.6 Å². The van der Waals surface area contributed by atoms with Crippen molar-refractivity contribution in [2.75, 3.05) is 24.7 Å². The Morgan fingerprint density at radius 1 is 1.45 bits per heavy atom. The number of halogens is 3. The molecule has 2 fully saturated rings.